The summed E-state index contributed by atoms with van der Waals surface area (Å²) >= 11 is 3.53. The predicted octanol–water partition coefficient (Wildman–Crippen LogP) is 5.36. The van der Waals surface area contributed by atoms with Crippen LogP contribution in [0.1, 0.15) is 15.9 Å². The normalized spacial score (nSPS) is 10.8. The van der Waals surface area contributed by atoms with Gasteiger partial charge in [0.2, 0.25) is 0 Å². The van der Waals surface area contributed by atoms with Crippen LogP contribution in [0, 0.1) is 0 Å². The molecule has 0 atom stereocenters. The molecule has 0 bridgehead atoms. The van der Waals surface area contributed by atoms with Crippen molar-refractivity contribution in [3.8, 4) is 17.2 Å². The van der Waals surface area contributed by atoms with Crippen molar-refractivity contribution in [2.45, 2.75) is 0 Å². The summed E-state index contributed by atoms with van der Waals surface area (Å²) in [5.41, 5.74) is 3.47. The van der Waals surface area contributed by atoms with Crippen LogP contribution in [-0.4, -0.2) is 31.8 Å². The van der Waals surface area contributed by atoms with E-state index in [4.69, 9.17) is 14.2 Å². The van der Waals surface area contributed by atoms with Gasteiger partial charge in [-0.3, -0.25) is 4.79 Å². The summed E-state index contributed by atoms with van der Waals surface area (Å²) in [5.74, 6) is 0.660. The summed E-state index contributed by atoms with van der Waals surface area (Å²) in [6.45, 7) is -0.201. The third-order valence-corrected chi connectivity index (χ3v) is 5.80. The zero-order valence-corrected chi connectivity index (χ0v) is 20.3. The van der Waals surface area contributed by atoms with Crippen molar-refractivity contribution in [2.24, 2.45) is 5.10 Å². The van der Waals surface area contributed by atoms with E-state index in [-0.39, 0.29) is 6.61 Å². The molecule has 0 heterocycles. The van der Waals surface area contributed by atoms with E-state index in [2.05, 4.69) is 26.5 Å². The van der Waals surface area contributed by atoms with Crippen LogP contribution in [0.4, 0.5) is 0 Å². The van der Waals surface area contributed by atoms with E-state index in [9.17, 15) is 9.59 Å². The highest BCUT2D eigenvalue weighted by molar-refractivity contribution is 9.10. The van der Waals surface area contributed by atoms with Crippen LogP contribution in [0.25, 0.3) is 10.8 Å². The van der Waals surface area contributed by atoms with Gasteiger partial charge in [-0.05, 0) is 74.7 Å². The number of esters is 1. The molecule has 0 aliphatic rings. The Morgan fingerprint density at radius 3 is 2.54 bits per heavy atom. The number of benzene rings is 4. The second kappa shape index (κ2) is 11.3. The number of methoxy groups -OCH3 is 1. The number of hydrazone groups is 1. The molecule has 4 aromatic rings. The van der Waals surface area contributed by atoms with Crippen molar-refractivity contribution in [1.82, 2.24) is 5.43 Å². The highest BCUT2D eigenvalue weighted by atomic mass is 79.9. The van der Waals surface area contributed by atoms with E-state index in [0.29, 0.717) is 28.4 Å². The number of halogens is 1. The van der Waals surface area contributed by atoms with Gasteiger partial charge in [0.25, 0.3) is 5.91 Å². The molecular formula is C27H21BrN2O5. The molecule has 0 aliphatic heterocycles. The highest BCUT2D eigenvalue weighted by Crippen LogP contribution is 2.32. The molecule has 0 fully saturated rings. The molecule has 0 spiro atoms. The van der Waals surface area contributed by atoms with Crippen molar-refractivity contribution in [2.75, 3.05) is 13.7 Å². The Bertz CT molecular complexity index is 1390. The number of amides is 1. The quantitative estimate of drug-likeness (QED) is 0.143. The average Bonchev–Trinajstić information content (AvgIpc) is 2.89. The zero-order valence-electron chi connectivity index (χ0n) is 18.7. The first-order valence-corrected chi connectivity index (χ1v) is 11.4. The maximum absolute atomic E-state index is 12.3. The summed E-state index contributed by atoms with van der Waals surface area (Å²) in [4.78, 5) is 24.5. The molecule has 0 unspecified atom stereocenters. The van der Waals surface area contributed by atoms with Gasteiger partial charge in [0.05, 0.1) is 23.4 Å². The maximum Gasteiger partial charge on any atom is 0.343 e. The summed E-state index contributed by atoms with van der Waals surface area (Å²) in [6, 6.07) is 25.0. The zero-order chi connectivity index (χ0) is 24.6. The van der Waals surface area contributed by atoms with Gasteiger partial charge in [-0.25, -0.2) is 10.2 Å². The van der Waals surface area contributed by atoms with Crippen LogP contribution < -0.4 is 19.6 Å². The van der Waals surface area contributed by atoms with Crippen LogP contribution >= 0.6 is 15.9 Å². The fourth-order valence-corrected chi connectivity index (χ4v) is 3.84. The Morgan fingerprint density at radius 2 is 1.74 bits per heavy atom. The summed E-state index contributed by atoms with van der Waals surface area (Å²) in [5, 5.41) is 6.02. The van der Waals surface area contributed by atoms with Crippen molar-refractivity contribution in [1.29, 1.82) is 0 Å². The Labute approximate surface area is 210 Å². The SMILES string of the molecule is COc1ccc(C(=O)Oc2cccc(/C=N/NC(=O)COc3ccc4ccccc4c3Br)c2)cc1. The molecule has 0 saturated heterocycles. The molecule has 7 nitrogen and oxygen atoms in total. The number of hydrogen-bond donors (Lipinski definition) is 1. The molecule has 0 aromatic heterocycles. The van der Waals surface area contributed by atoms with Crippen LogP contribution in [0.2, 0.25) is 0 Å². The maximum atomic E-state index is 12.3. The smallest absolute Gasteiger partial charge is 0.343 e. The molecule has 1 amide bonds. The van der Waals surface area contributed by atoms with Gasteiger partial charge in [-0.2, -0.15) is 5.10 Å². The lowest BCUT2D eigenvalue weighted by atomic mass is 10.1. The number of carbonyl (C=O) groups excluding carboxylic acids is 2. The highest BCUT2D eigenvalue weighted by Gasteiger charge is 2.10. The number of fused-ring (bicyclic) bond motifs is 1. The van der Waals surface area contributed by atoms with Gasteiger partial charge < -0.3 is 14.2 Å². The molecule has 1 N–H and O–H groups in total. The largest absolute Gasteiger partial charge is 0.497 e. The van der Waals surface area contributed by atoms with Gasteiger partial charge in [0, 0.05) is 0 Å². The van der Waals surface area contributed by atoms with Gasteiger partial charge in [0.1, 0.15) is 17.2 Å². The van der Waals surface area contributed by atoms with E-state index in [1.54, 1.807) is 55.6 Å². The van der Waals surface area contributed by atoms with E-state index >= 15 is 0 Å². The van der Waals surface area contributed by atoms with Crippen LogP contribution in [0.15, 0.2) is 94.5 Å². The third kappa shape index (κ3) is 6.24. The number of nitrogens with zero attached hydrogens (tertiary/aromatic N) is 1. The summed E-state index contributed by atoms with van der Waals surface area (Å²) in [7, 11) is 1.56. The first-order chi connectivity index (χ1) is 17.0. The minimum absolute atomic E-state index is 0.201. The molecule has 4 rings (SSSR count). The number of hydrogen-bond acceptors (Lipinski definition) is 6. The monoisotopic (exact) mass is 532 g/mol. The Hall–Kier alpha value is -4.17. The topological polar surface area (TPSA) is 86.2 Å². The lowest BCUT2D eigenvalue weighted by molar-refractivity contribution is -0.123. The van der Waals surface area contributed by atoms with Crippen molar-refractivity contribution < 1.29 is 23.8 Å². The van der Waals surface area contributed by atoms with Gasteiger partial charge >= 0.3 is 5.97 Å². The van der Waals surface area contributed by atoms with Crippen LogP contribution in [0.5, 0.6) is 17.2 Å². The minimum Gasteiger partial charge on any atom is -0.497 e. The summed E-state index contributed by atoms with van der Waals surface area (Å²) in [6.07, 6.45) is 1.45. The average molecular weight is 533 g/mol. The lowest BCUT2D eigenvalue weighted by Crippen LogP contribution is -2.24. The minimum atomic E-state index is -0.493. The predicted molar refractivity (Wildman–Crippen MR) is 137 cm³/mol. The van der Waals surface area contributed by atoms with Gasteiger partial charge in [-0.15, -0.1) is 0 Å². The fourth-order valence-electron chi connectivity index (χ4n) is 3.23. The van der Waals surface area contributed by atoms with E-state index in [1.807, 2.05) is 36.4 Å². The second-order valence-electron chi connectivity index (χ2n) is 7.37. The summed E-state index contributed by atoms with van der Waals surface area (Å²) < 4.78 is 16.9. The van der Waals surface area contributed by atoms with E-state index in [1.165, 1.54) is 6.21 Å². The fraction of sp³-hybridized carbons (Fsp3) is 0.0741. The van der Waals surface area contributed by atoms with Crippen LogP contribution in [-0.2, 0) is 4.79 Å². The van der Waals surface area contributed by atoms with Gasteiger partial charge in [-0.1, -0.05) is 42.5 Å². The lowest BCUT2D eigenvalue weighted by Gasteiger charge is -2.09. The number of nitrogens with one attached hydrogen (secondary N) is 1. The number of rotatable bonds is 8. The van der Waals surface area contributed by atoms with Crippen molar-refractivity contribution >= 4 is 44.8 Å². The van der Waals surface area contributed by atoms with Crippen molar-refractivity contribution in [3.05, 3.63) is 101 Å². The van der Waals surface area contributed by atoms with E-state index in [0.717, 1.165) is 15.2 Å². The molecule has 176 valence electrons. The Morgan fingerprint density at radius 1 is 0.943 bits per heavy atom. The van der Waals surface area contributed by atoms with Gasteiger partial charge in [0.15, 0.2) is 6.61 Å². The third-order valence-electron chi connectivity index (χ3n) is 4.98. The molecule has 4 aromatic carbocycles. The molecule has 35 heavy (non-hydrogen) atoms. The molecular weight excluding hydrogens is 512 g/mol. The molecule has 8 heteroatoms. The van der Waals surface area contributed by atoms with Crippen LogP contribution in [0.3, 0.4) is 0 Å². The van der Waals surface area contributed by atoms with Crippen molar-refractivity contribution in [3.63, 3.8) is 0 Å². The van der Waals surface area contributed by atoms with E-state index < -0.39 is 11.9 Å². The molecule has 0 saturated carbocycles. The standard InChI is InChI=1S/C27H21BrN2O5/c1-33-21-12-9-20(10-13-21)27(32)35-22-7-4-5-18(15-22)16-29-30-25(31)17-34-24-14-11-19-6-2-3-8-23(19)26(24)28/h2-16H,17H2,1H3,(H,30,31)/b29-16+. The molecule has 0 aliphatic carbocycles. The number of carbonyl (C=O) groups is 2. The number of ether oxygens (including phenoxy) is 3. The second-order valence-corrected chi connectivity index (χ2v) is 8.16. The Balaban J connectivity index is 1.30. The first kappa shape index (κ1) is 24.0. The molecule has 0 radical (unpaired) electrons. The first-order valence-electron chi connectivity index (χ1n) is 10.6. The Kier molecular flexibility index (Phi) is 7.74.